The van der Waals surface area contributed by atoms with Crippen LogP contribution in [0, 0.1) is 0 Å². The number of fused-ring (bicyclic) bond motifs is 3. The predicted molar refractivity (Wildman–Crippen MR) is 90.4 cm³/mol. The van der Waals surface area contributed by atoms with Crippen LogP contribution >= 0.6 is 23.2 Å². The van der Waals surface area contributed by atoms with Crippen molar-refractivity contribution in [2.45, 2.75) is 50.5 Å². The topological polar surface area (TPSA) is 54.8 Å². The number of nitrogens with zero attached hydrogens (tertiary/aromatic N) is 5. The molecule has 1 saturated carbocycles. The molecule has 0 aromatic carbocycles. The summed E-state index contributed by atoms with van der Waals surface area (Å²) in [5, 5.41) is 0.229. The highest BCUT2D eigenvalue weighted by atomic mass is 35.5. The Morgan fingerprint density at radius 1 is 1.04 bits per heavy atom. The van der Waals surface area contributed by atoms with Gasteiger partial charge in [0, 0.05) is 23.4 Å². The first-order valence-corrected chi connectivity index (χ1v) is 8.53. The molecule has 0 spiro atoms. The molecule has 2 unspecified atom stereocenters. The monoisotopic (exact) mass is 349 g/mol. The lowest BCUT2D eigenvalue weighted by Gasteiger charge is -2.49. The lowest BCUT2D eigenvalue weighted by molar-refractivity contribution is 0.193. The zero-order valence-corrected chi connectivity index (χ0v) is 14.6. The van der Waals surface area contributed by atoms with Crippen LogP contribution in [0.15, 0.2) is 18.5 Å². The van der Waals surface area contributed by atoms with E-state index in [1.165, 1.54) is 18.4 Å². The second-order valence-electron chi connectivity index (χ2n) is 6.71. The van der Waals surface area contributed by atoms with Crippen molar-refractivity contribution in [2.24, 2.45) is 0 Å². The molecular weight excluding hydrogens is 333 g/mol. The average Bonchev–Trinajstić information content (AvgIpc) is 2.71. The second-order valence-corrected chi connectivity index (χ2v) is 7.39. The molecule has 3 heterocycles. The number of hydrogen-bond donors (Lipinski definition) is 0. The summed E-state index contributed by atoms with van der Waals surface area (Å²) in [7, 11) is 0. The SMILES string of the molecule is CC12CCCCC1(C)N(c1nc(Cl)nc(Cl)n1)c1ccncc12. The van der Waals surface area contributed by atoms with Crippen LogP contribution in [-0.4, -0.2) is 25.5 Å². The van der Waals surface area contributed by atoms with Crippen LogP contribution in [-0.2, 0) is 5.41 Å². The Morgan fingerprint density at radius 3 is 2.48 bits per heavy atom. The summed E-state index contributed by atoms with van der Waals surface area (Å²) in [4.78, 5) is 19.1. The Balaban J connectivity index is 1.98. The van der Waals surface area contributed by atoms with Gasteiger partial charge in [-0.1, -0.05) is 19.8 Å². The zero-order chi connectivity index (χ0) is 16.2. The molecule has 5 nitrogen and oxygen atoms in total. The number of hydrogen-bond acceptors (Lipinski definition) is 5. The molecule has 0 amide bonds. The molecule has 23 heavy (non-hydrogen) atoms. The Bertz CT molecular complexity index is 763. The number of pyridine rings is 1. The highest BCUT2D eigenvalue weighted by Gasteiger charge is 2.58. The van der Waals surface area contributed by atoms with Crippen LogP contribution in [0.3, 0.4) is 0 Å². The highest BCUT2D eigenvalue weighted by molar-refractivity contribution is 6.31. The summed E-state index contributed by atoms with van der Waals surface area (Å²) in [6, 6.07) is 2.02. The molecule has 0 bridgehead atoms. The van der Waals surface area contributed by atoms with Crippen molar-refractivity contribution in [3.8, 4) is 0 Å². The molecule has 4 rings (SSSR count). The van der Waals surface area contributed by atoms with Crippen LogP contribution in [0.1, 0.15) is 45.1 Å². The van der Waals surface area contributed by atoms with Crippen molar-refractivity contribution in [3.63, 3.8) is 0 Å². The Kier molecular flexibility index (Phi) is 3.29. The molecule has 2 aromatic heterocycles. The normalized spacial score (nSPS) is 29.3. The van der Waals surface area contributed by atoms with Gasteiger partial charge in [0.1, 0.15) is 0 Å². The molecule has 2 aliphatic rings. The summed E-state index contributed by atoms with van der Waals surface area (Å²) in [5.74, 6) is 0.510. The number of rotatable bonds is 1. The van der Waals surface area contributed by atoms with E-state index in [4.69, 9.17) is 23.2 Å². The summed E-state index contributed by atoms with van der Waals surface area (Å²) in [5.41, 5.74) is 2.20. The first-order valence-electron chi connectivity index (χ1n) is 7.77. The molecule has 0 saturated heterocycles. The fourth-order valence-electron chi connectivity index (χ4n) is 4.29. The van der Waals surface area contributed by atoms with E-state index in [9.17, 15) is 0 Å². The predicted octanol–water partition coefficient (Wildman–Crippen LogP) is 4.32. The number of anilines is 2. The van der Waals surface area contributed by atoms with E-state index in [0.29, 0.717) is 5.95 Å². The van der Waals surface area contributed by atoms with Crippen molar-refractivity contribution in [3.05, 3.63) is 34.6 Å². The molecule has 0 radical (unpaired) electrons. The van der Waals surface area contributed by atoms with Gasteiger partial charge in [-0.25, -0.2) is 0 Å². The van der Waals surface area contributed by atoms with E-state index in [0.717, 1.165) is 18.5 Å². The Hall–Kier alpha value is -1.46. The summed E-state index contributed by atoms with van der Waals surface area (Å²) >= 11 is 12.1. The third-order valence-electron chi connectivity index (χ3n) is 5.68. The van der Waals surface area contributed by atoms with Gasteiger partial charge in [0.05, 0.1) is 11.2 Å². The van der Waals surface area contributed by atoms with Crippen molar-refractivity contribution in [2.75, 3.05) is 4.90 Å². The van der Waals surface area contributed by atoms with Gasteiger partial charge in [-0.05, 0) is 49.0 Å². The number of aromatic nitrogens is 4. The molecule has 7 heteroatoms. The minimum atomic E-state index is -0.134. The van der Waals surface area contributed by atoms with E-state index < -0.39 is 0 Å². The fraction of sp³-hybridized carbons (Fsp3) is 0.500. The lowest BCUT2D eigenvalue weighted by atomic mass is 9.62. The summed E-state index contributed by atoms with van der Waals surface area (Å²) < 4.78 is 0. The standard InChI is InChI=1S/C16H17Cl2N5/c1-15-6-3-4-7-16(15,2)23(11-5-8-19-9-10(11)15)14-21-12(17)20-13(18)22-14/h5,8-9H,3-4,6-7H2,1-2H3. The maximum absolute atomic E-state index is 6.03. The first kappa shape index (κ1) is 15.1. The molecule has 2 atom stereocenters. The minimum absolute atomic E-state index is 0.000422. The first-order chi connectivity index (χ1) is 11.0. The summed E-state index contributed by atoms with van der Waals surface area (Å²) in [6.45, 7) is 4.59. The third-order valence-corrected chi connectivity index (χ3v) is 6.01. The molecule has 120 valence electrons. The van der Waals surface area contributed by atoms with Crippen LogP contribution in [0.5, 0.6) is 0 Å². The zero-order valence-electron chi connectivity index (χ0n) is 13.1. The van der Waals surface area contributed by atoms with Crippen molar-refractivity contribution in [1.29, 1.82) is 0 Å². The minimum Gasteiger partial charge on any atom is -0.303 e. The van der Waals surface area contributed by atoms with E-state index in [1.807, 2.05) is 12.3 Å². The van der Waals surface area contributed by atoms with Crippen LogP contribution < -0.4 is 4.90 Å². The van der Waals surface area contributed by atoms with E-state index in [2.05, 4.69) is 38.7 Å². The number of halogens is 2. The van der Waals surface area contributed by atoms with E-state index in [-0.39, 0.29) is 21.5 Å². The van der Waals surface area contributed by atoms with Gasteiger partial charge in [-0.3, -0.25) is 4.98 Å². The van der Waals surface area contributed by atoms with Crippen LogP contribution in [0.2, 0.25) is 10.6 Å². The Labute approximate surface area is 145 Å². The maximum atomic E-state index is 6.03. The van der Waals surface area contributed by atoms with Gasteiger partial charge in [0.2, 0.25) is 16.5 Å². The summed E-state index contributed by atoms with van der Waals surface area (Å²) in [6.07, 6.45) is 8.34. The molecule has 2 aromatic rings. The molecular formula is C16H17Cl2N5. The third kappa shape index (κ3) is 1.99. The smallest absolute Gasteiger partial charge is 0.236 e. The van der Waals surface area contributed by atoms with Crippen LogP contribution in [0.25, 0.3) is 0 Å². The van der Waals surface area contributed by atoms with Crippen molar-refractivity contribution in [1.82, 2.24) is 19.9 Å². The van der Waals surface area contributed by atoms with Crippen LogP contribution in [0.4, 0.5) is 11.6 Å². The van der Waals surface area contributed by atoms with Gasteiger partial charge in [0.15, 0.2) is 0 Å². The largest absolute Gasteiger partial charge is 0.303 e. The highest BCUT2D eigenvalue weighted by Crippen LogP contribution is 2.59. The van der Waals surface area contributed by atoms with Gasteiger partial charge < -0.3 is 4.90 Å². The van der Waals surface area contributed by atoms with Gasteiger partial charge in [-0.15, -0.1) is 0 Å². The van der Waals surface area contributed by atoms with E-state index >= 15 is 0 Å². The molecule has 1 aliphatic carbocycles. The maximum Gasteiger partial charge on any atom is 0.236 e. The lowest BCUT2D eigenvalue weighted by Crippen LogP contribution is -2.55. The van der Waals surface area contributed by atoms with Gasteiger partial charge >= 0.3 is 0 Å². The van der Waals surface area contributed by atoms with Gasteiger partial charge in [-0.2, -0.15) is 15.0 Å². The van der Waals surface area contributed by atoms with E-state index in [1.54, 1.807) is 6.20 Å². The Morgan fingerprint density at radius 2 is 1.74 bits per heavy atom. The quantitative estimate of drug-likeness (QED) is 0.767. The molecule has 1 aliphatic heterocycles. The van der Waals surface area contributed by atoms with Gasteiger partial charge in [0.25, 0.3) is 0 Å². The molecule has 1 fully saturated rings. The molecule has 0 N–H and O–H groups in total. The average molecular weight is 350 g/mol. The van der Waals surface area contributed by atoms with Crippen molar-refractivity contribution >= 4 is 34.8 Å². The fourth-order valence-corrected chi connectivity index (χ4v) is 4.65. The second kappa shape index (κ2) is 5.02. The van der Waals surface area contributed by atoms with Crippen molar-refractivity contribution < 1.29 is 0 Å².